The predicted octanol–water partition coefficient (Wildman–Crippen LogP) is 1.88. The van der Waals surface area contributed by atoms with Crippen LogP contribution in [0.3, 0.4) is 0 Å². The molecule has 5 nitrogen and oxygen atoms in total. The first-order valence-corrected chi connectivity index (χ1v) is 7.47. The van der Waals surface area contributed by atoms with Crippen LogP contribution >= 0.6 is 0 Å². The minimum Gasteiger partial charge on any atom is -0.507 e. The molecule has 0 aliphatic carbocycles. The molecule has 1 aromatic carbocycles. The van der Waals surface area contributed by atoms with Gasteiger partial charge in [-0.3, -0.25) is 0 Å². The van der Waals surface area contributed by atoms with Crippen LogP contribution in [0.4, 0.5) is 5.69 Å². The van der Waals surface area contributed by atoms with Gasteiger partial charge in [-0.1, -0.05) is 0 Å². The van der Waals surface area contributed by atoms with E-state index >= 15 is 0 Å². The standard InChI is InChI=1S/C16H25NO4/c1-13-11-15(12-14(2)16(13)18)17-3-5-19-7-9-21-10-8-20-6-4-17/h11-12,18H,3-10H2,1-2H3. The van der Waals surface area contributed by atoms with Crippen molar-refractivity contribution in [1.82, 2.24) is 0 Å². The molecule has 0 amide bonds. The molecule has 2 rings (SSSR count). The van der Waals surface area contributed by atoms with Gasteiger partial charge < -0.3 is 24.2 Å². The van der Waals surface area contributed by atoms with Crippen LogP contribution in [0.5, 0.6) is 5.75 Å². The highest BCUT2D eigenvalue weighted by Gasteiger charge is 2.11. The van der Waals surface area contributed by atoms with Crippen molar-refractivity contribution in [2.45, 2.75) is 13.8 Å². The molecule has 0 unspecified atom stereocenters. The summed E-state index contributed by atoms with van der Waals surface area (Å²) in [7, 11) is 0. The van der Waals surface area contributed by atoms with Crippen LogP contribution in [0.15, 0.2) is 12.1 Å². The van der Waals surface area contributed by atoms with E-state index in [1.165, 1.54) is 0 Å². The highest BCUT2D eigenvalue weighted by molar-refractivity contribution is 5.56. The number of phenols is 1. The summed E-state index contributed by atoms with van der Waals surface area (Å²) in [6, 6.07) is 4.02. The van der Waals surface area contributed by atoms with Gasteiger partial charge in [0.05, 0.1) is 39.6 Å². The van der Waals surface area contributed by atoms with Gasteiger partial charge in [0.2, 0.25) is 0 Å². The molecule has 5 heteroatoms. The van der Waals surface area contributed by atoms with Gasteiger partial charge in [-0.2, -0.15) is 0 Å². The Morgan fingerprint density at radius 3 is 1.71 bits per heavy atom. The average Bonchev–Trinajstić information content (AvgIpc) is 2.45. The molecular formula is C16H25NO4. The number of rotatable bonds is 1. The second kappa shape index (κ2) is 8.22. The maximum absolute atomic E-state index is 9.90. The number of hydrogen-bond acceptors (Lipinski definition) is 5. The van der Waals surface area contributed by atoms with Gasteiger partial charge >= 0.3 is 0 Å². The quantitative estimate of drug-likeness (QED) is 0.857. The monoisotopic (exact) mass is 295 g/mol. The van der Waals surface area contributed by atoms with Crippen LogP contribution in [-0.4, -0.2) is 57.8 Å². The first kappa shape index (κ1) is 16.1. The molecule has 0 aromatic heterocycles. The van der Waals surface area contributed by atoms with Crippen molar-refractivity contribution in [3.8, 4) is 5.75 Å². The van der Waals surface area contributed by atoms with Gasteiger partial charge in [0.25, 0.3) is 0 Å². The molecule has 1 heterocycles. The number of anilines is 1. The van der Waals surface area contributed by atoms with Crippen LogP contribution < -0.4 is 4.90 Å². The van der Waals surface area contributed by atoms with E-state index in [1.54, 1.807) is 0 Å². The Morgan fingerprint density at radius 1 is 0.810 bits per heavy atom. The summed E-state index contributed by atoms with van der Waals surface area (Å²) in [5.41, 5.74) is 2.89. The Bertz CT molecular complexity index is 415. The molecule has 0 saturated carbocycles. The molecule has 0 bridgehead atoms. The number of aryl methyl sites for hydroxylation is 2. The maximum Gasteiger partial charge on any atom is 0.121 e. The van der Waals surface area contributed by atoms with Crippen LogP contribution in [-0.2, 0) is 14.2 Å². The topological polar surface area (TPSA) is 51.2 Å². The molecule has 1 N–H and O–H groups in total. The van der Waals surface area contributed by atoms with E-state index in [1.807, 2.05) is 26.0 Å². The van der Waals surface area contributed by atoms with E-state index in [4.69, 9.17) is 14.2 Å². The van der Waals surface area contributed by atoms with E-state index in [9.17, 15) is 5.11 Å². The molecule has 0 radical (unpaired) electrons. The maximum atomic E-state index is 9.90. The zero-order valence-corrected chi connectivity index (χ0v) is 12.9. The van der Waals surface area contributed by atoms with Crippen LogP contribution in [0.2, 0.25) is 0 Å². The van der Waals surface area contributed by atoms with E-state index in [-0.39, 0.29) is 0 Å². The predicted molar refractivity (Wildman–Crippen MR) is 82.3 cm³/mol. The zero-order valence-electron chi connectivity index (χ0n) is 12.9. The van der Waals surface area contributed by atoms with Crippen molar-refractivity contribution in [2.24, 2.45) is 0 Å². The van der Waals surface area contributed by atoms with Crippen molar-refractivity contribution in [3.63, 3.8) is 0 Å². The third-order valence-corrected chi connectivity index (χ3v) is 3.60. The van der Waals surface area contributed by atoms with Crippen LogP contribution in [0.1, 0.15) is 11.1 Å². The molecule has 1 saturated heterocycles. The van der Waals surface area contributed by atoms with Crippen LogP contribution in [0, 0.1) is 13.8 Å². The molecule has 1 fully saturated rings. The van der Waals surface area contributed by atoms with E-state index in [2.05, 4.69) is 4.90 Å². The summed E-state index contributed by atoms with van der Waals surface area (Å²) in [6.45, 7) is 9.20. The Labute approximate surface area is 126 Å². The third-order valence-electron chi connectivity index (χ3n) is 3.60. The van der Waals surface area contributed by atoms with Gasteiger partial charge in [0.1, 0.15) is 5.75 Å². The van der Waals surface area contributed by atoms with Crippen molar-refractivity contribution in [1.29, 1.82) is 0 Å². The molecule has 1 aromatic rings. The fourth-order valence-electron chi connectivity index (χ4n) is 2.38. The van der Waals surface area contributed by atoms with E-state index < -0.39 is 0 Å². The lowest BCUT2D eigenvalue weighted by atomic mass is 10.1. The lowest BCUT2D eigenvalue weighted by Gasteiger charge is -2.26. The summed E-state index contributed by atoms with van der Waals surface area (Å²) < 4.78 is 16.5. The number of ether oxygens (including phenoxy) is 3. The lowest BCUT2D eigenvalue weighted by Crippen LogP contribution is -2.32. The van der Waals surface area contributed by atoms with E-state index in [0.717, 1.165) is 29.9 Å². The first-order chi connectivity index (χ1) is 10.2. The number of hydrogen-bond donors (Lipinski definition) is 1. The third kappa shape index (κ3) is 4.88. The van der Waals surface area contributed by atoms with E-state index in [0.29, 0.717) is 45.4 Å². The molecule has 1 aliphatic heterocycles. The smallest absolute Gasteiger partial charge is 0.121 e. The largest absolute Gasteiger partial charge is 0.507 e. The van der Waals surface area contributed by atoms with Crippen molar-refractivity contribution in [2.75, 3.05) is 57.6 Å². The number of phenolic OH excluding ortho intramolecular Hbond substituents is 1. The molecule has 0 atom stereocenters. The second-order valence-electron chi connectivity index (χ2n) is 5.25. The van der Waals surface area contributed by atoms with Crippen molar-refractivity contribution < 1.29 is 19.3 Å². The lowest BCUT2D eigenvalue weighted by molar-refractivity contribution is 0.0126. The van der Waals surface area contributed by atoms with Gasteiger partial charge in [-0.25, -0.2) is 0 Å². The highest BCUT2D eigenvalue weighted by atomic mass is 16.5. The van der Waals surface area contributed by atoms with Crippen molar-refractivity contribution in [3.05, 3.63) is 23.3 Å². The minimum absolute atomic E-state index is 0.373. The Morgan fingerprint density at radius 2 is 1.24 bits per heavy atom. The molecule has 21 heavy (non-hydrogen) atoms. The van der Waals surface area contributed by atoms with Gasteiger partial charge in [-0.05, 0) is 37.1 Å². The summed E-state index contributed by atoms with van der Waals surface area (Å²) >= 11 is 0. The minimum atomic E-state index is 0.373. The van der Waals surface area contributed by atoms with Gasteiger partial charge in [0.15, 0.2) is 0 Å². The fourth-order valence-corrected chi connectivity index (χ4v) is 2.38. The Hall–Kier alpha value is -1.30. The Kier molecular flexibility index (Phi) is 6.29. The molecular weight excluding hydrogens is 270 g/mol. The number of nitrogens with zero attached hydrogens (tertiary/aromatic N) is 1. The van der Waals surface area contributed by atoms with Gasteiger partial charge in [-0.15, -0.1) is 0 Å². The first-order valence-electron chi connectivity index (χ1n) is 7.47. The summed E-state index contributed by atoms with van der Waals surface area (Å²) in [5, 5.41) is 9.90. The highest BCUT2D eigenvalue weighted by Crippen LogP contribution is 2.27. The zero-order chi connectivity index (χ0) is 15.1. The average molecular weight is 295 g/mol. The fraction of sp³-hybridized carbons (Fsp3) is 0.625. The van der Waals surface area contributed by atoms with Crippen molar-refractivity contribution >= 4 is 5.69 Å². The Balaban J connectivity index is 2.06. The summed E-state index contributed by atoms with van der Waals surface area (Å²) in [4.78, 5) is 2.24. The molecule has 1 aliphatic rings. The second-order valence-corrected chi connectivity index (χ2v) is 5.25. The molecule has 118 valence electrons. The number of benzene rings is 1. The summed E-state index contributed by atoms with van der Waals surface area (Å²) in [6.07, 6.45) is 0. The normalized spacial score (nSPS) is 18.9. The summed E-state index contributed by atoms with van der Waals surface area (Å²) in [5.74, 6) is 0.373. The SMILES string of the molecule is Cc1cc(N2CCOCCOCCOCC2)cc(C)c1O. The van der Waals surface area contributed by atoms with Gasteiger partial charge in [0, 0.05) is 18.8 Å². The number of aromatic hydroxyl groups is 1. The molecule has 0 spiro atoms. The van der Waals surface area contributed by atoms with Crippen LogP contribution in [0.25, 0.3) is 0 Å².